The number of nitrogens with one attached hydrogen (secondary N) is 1. The summed E-state index contributed by atoms with van der Waals surface area (Å²) in [5, 5.41) is 11.4. The number of carbonyl (C=O) groups is 1. The lowest BCUT2D eigenvalue weighted by Crippen LogP contribution is -2.27. The van der Waals surface area contributed by atoms with Crippen molar-refractivity contribution in [1.29, 1.82) is 0 Å². The van der Waals surface area contributed by atoms with E-state index in [4.69, 9.17) is 0 Å². The van der Waals surface area contributed by atoms with Crippen LogP contribution in [0.25, 0.3) is 0 Å². The van der Waals surface area contributed by atoms with Crippen molar-refractivity contribution in [1.82, 2.24) is 25.1 Å². The van der Waals surface area contributed by atoms with E-state index in [1.807, 2.05) is 13.0 Å². The Labute approximate surface area is 123 Å². The summed E-state index contributed by atoms with van der Waals surface area (Å²) in [6.45, 7) is 3.48. The molecule has 2 aromatic rings. The Balaban J connectivity index is 1.56. The third kappa shape index (κ3) is 3.09. The fourth-order valence-corrected chi connectivity index (χ4v) is 2.62. The Kier molecular flexibility index (Phi) is 3.94. The molecule has 0 saturated heterocycles. The maximum Gasteiger partial charge on any atom is 0.252 e. The van der Waals surface area contributed by atoms with E-state index >= 15 is 0 Å². The van der Waals surface area contributed by atoms with Crippen LogP contribution in [0.1, 0.15) is 40.4 Å². The number of nitrogens with zero attached hydrogens (tertiary/aromatic N) is 4. The highest BCUT2D eigenvalue weighted by molar-refractivity contribution is 5.93. The van der Waals surface area contributed by atoms with E-state index in [9.17, 15) is 4.79 Å². The Bertz CT molecular complexity index is 649. The topological polar surface area (TPSA) is 72.7 Å². The molecule has 1 aliphatic rings. The van der Waals surface area contributed by atoms with Gasteiger partial charge >= 0.3 is 0 Å². The number of hydrogen-bond acceptors (Lipinski definition) is 4. The molecule has 0 radical (unpaired) electrons. The van der Waals surface area contributed by atoms with Gasteiger partial charge in [0.2, 0.25) is 0 Å². The molecule has 1 aliphatic heterocycles. The van der Waals surface area contributed by atoms with Crippen molar-refractivity contribution >= 4 is 5.91 Å². The van der Waals surface area contributed by atoms with Crippen molar-refractivity contribution < 1.29 is 4.79 Å². The molecule has 21 heavy (non-hydrogen) atoms. The predicted octanol–water partition coefficient (Wildman–Crippen LogP) is 1.29. The smallest absolute Gasteiger partial charge is 0.252 e. The summed E-state index contributed by atoms with van der Waals surface area (Å²) in [7, 11) is 0. The van der Waals surface area contributed by atoms with Crippen molar-refractivity contribution in [3.8, 4) is 0 Å². The van der Waals surface area contributed by atoms with Gasteiger partial charge in [0.25, 0.3) is 5.91 Å². The molecule has 0 bridgehead atoms. The number of rotatable bonds is 4. The van der Waals surface area contributed by atoms with Gasteiger partial charge in [-0.05, 0) is 31.4 Å². The zero-order chi connectivity index (χ0) is 14.7. The second-order valence-corrected chi connectivity index (χ2v) is 5.40. The Morgan fingerprint density at radius 1 is 1.33 bits per heavy atom. The minimum absolute atomic E-state index is 0.0930. The van der Waals surface area contributed by atoms with Crippen LogP contribution < -0.4 is 5.32 Å². The number of pyridine rings is 1. The van der Waals surface area contributed by atoms with Crippen LogP contribution in [0.4, 0.5) is 0 Å². The highest BCUT2D eigenvalue weighted by atomic mass is 16.1. The first-order valence-electron chi connectivity index (χ1n) is 7.35. The summed E-state index contributed by atoms with van der Waals surface area (Å²) in [5.74, 6) is 1.95. The van der Waals surface area contributed by atoms with E-state index in [-0.39, 0.29) is 5.91 Å². The summed E-state index contributed by atoms with van der Waals surface area (Å²) in [6, 6.07) is 1.83. The highest BCUT2D eigenvalue weighted by Gasteiger charge is 2.15. The van der Waals surface area contributed by atoms with Gasteiger partial charge in [-0.2, -0.15) is 0 Å². The maximum absolute atomic E-state index is 12.0. The molecule has 2 aromatic heterocycles. The zero-order valence-corrected chi connectivity index (χ0v) is 12.2. The quantitative estimate of drug-likeness (QED) is 0.918. The molecular weight excluding hydrogens is 266 g/mol. The maximum atomic E-state index is 12.0. The van der Waals surface area contributed by atoms with Crippen molar-refractivity contribution in [2.75, 3.05) is 6.54 Å². The van der Waals surface area contributed by atoms with E-state index in [1.54, 1.807) is 12.4 Å². The zero-order valence-electron chi connectivity index (χ0n) is 12.2. The summed E-state index contributed by atoms with van der Waals surface area (Å²) in [4.78, 5) is 16.1. The number of carbonyl (C=O) groups excluding carboxylic acids is 1. The largest absolute Gasteiger partial charge is 0.352 e. The van der Waals surface area contributed by atoms with E-state index in [2.05, 4.69) is 25.1 Å². The second kappa shape index (κ2) is 6.03. The van der Waals surface area contributed by atoms with Gasteiger partial charge in [0.15, 0.2) is 0 Å². The lowest BCUT2D eigenvalue weighted by molar-refractivity contribution is 0.0953. The normalized spacial score (nSPS) is 13.8. The van der Waals surface area contributed by atoms with Gasteiger partial charge in [0, 0.05) is 38.3 Å². The minimum atomic E-state index is -0.0930. The molecule has 6 heteroatoms. The van der Waals surface area contributed by atoms with Crippen LogP contribution in [-0.4, -0.2) is 32.2 Å². The number of aryl methyl sites for hydroxylation is 2. The average molecular weight is 285 g/mol. The number of aromatic nitrogens is 4. The Morgan fingerprint density at radius 3 is 3.10 bits per heavy atom. The van der Waals surface area contributed by atoms with Crippen LogP contribution >= 0.6 is 0 Å². The van der Waals surface area contributed by atoms with Gasteiger partial charge in [-0.3, -0.25) is 9.78 Å². The van der Waals surface area contributed by atoms with E-state index < -0.39 is 0 Å². The Morgan fingerprint density at radius 2 is 2.24 bits per heavy atom. The van der Waals surface area contributed by atoms with Crippen molar-refractivity contribution in [2.45, 2.75) is 39.2 Å². The third-order valence-corrected chi connectivity index (χ3v) is 3.71. The molecule has 3 heterocycles. The number of hydrogen-bond donors (Lipinski definition) is 1. The van der Waals surface area contributed by atoms with Gasteiger partial charge < -0.3 is 9.88 Å². The molecule has 0 saturated carbocycles. The van der Waals surface area contributed by atoms with E-state index in [1.165, 1.54) is 12.8 Å². The van der Waals surface area contributed by atoms with Gasteiger partial charge in [0.05, 0.1) is 5.56 Å². The van der Waals surface area contributed by atoms with Gasteiger partial charge in [-0.15, -0.1) is 10.2 Å². The van der Waals surface area contributed by atoms with Crippen LogP contribution in [0.2, 0.25) is 0 Å². The molecule has 0 aliphatic carbocycles. The molecule has 0 atom stereocenters. The first-order chi connectivity index (χ1) is 10.2. The monoisotopic (exact) mass is 285 g/mol. The molecule has 6 nitrogen and oxygen atoms in total. The molecule has 110 valence electrons. The summed E-state index contributed by atoms with van der Waals surface area (Å²) < 4.78 is 2.18. The first-order valence-corrected chi connectivity index (χ1v) is 7.35. The highest BCUT2D eigenvalue weighted by Crippen LogP contribution is 2.14. The van der Waals surface area contributed by atoms with Gasteiger partial charge in [-0.25, -0.2) is 0 Å². The van der Waals surface area contributed by atoms with Crippen LogP contribution in [0.15, 0.2) is 18.5 Å². The molecule has 0 fully saturated rings. The lowest BCUT2D eigenvalue weighted by atomic mass is 10.1. The lowest BCUT2D eigenvalue weighted by Gasteiger charge is -2.14. The van der Waals surface area contributed by atoms with Crippen molar-refractivity contribution in [3.05, 3.63) is 41.2 Å². The van der Waals surface area contributed by atoms with E-state index in [0.29, 0.717) is 18.5 Å². The van der Waals surface area contributed by atoms with Gasteiger partial charge in [0.1, 0.15) is 11.6 Å². The van der Waals surface area contributed by atoms with Gasteiger partial charge in [-0.1, -0.05) is 0 Å². The molecule has 1 amide bonds. The van der Waals surface area contributed by atoms with Crippen LogP contribution in [-0.2, 0) is 19.4 Å². The van der Waals surface area contributed by atoms with Crippen LogP contribution in [0.3, 0.4) is 0 Å². The minimum Gasteiger partial charge on any atom is -0.352 e. The number of amides is 1. The molecule has 1 N–H and O–H groups in total. The predicted molar refractivity (Wildman–Crippen MR) is 78.0 cm³/mol. The molecular formula is C15H19N5O. The third-order valence-electron chi connectivity index (χ3n) is 3.71. The fraction of sp³-hybridized carbons (Fsp3) is 0.467. The summed E-state index contributed by atoms with van der Waals surface area (Å²) in [6.07, 6.45) is 7.40. The summed E-state index contributed by atoms with van der Waals surface area (Å²) >= 11 is 0. The second-order valence-electron chi connectivity index (χ2n) is 5.40. The summed E-state index contributed by atoms with van der Waals surface area (Å²) in [5.41, 5.74) is 1.58. The molecule has 0 unspecified atom stereocenters. The molecule has 0 spiro atoms. The molecule has 3 rings (SSSR count). The average Bonchev–Trinajstić information content (AvgIpc) is 2.91. The number of fused-ring (bicyclic) bond motifs is 1. The standard InChI is InChI=1S/C15H19N5O/c1-11-8-12(10-16-9-11)15(21)17-6-5-14-19-18-13-4-2-3-7-20(13)14/h8-10H,2-7H2,1H3,(H,17,21). The Hall–Kier alpha value is -2.24. The fourth-order valence-electron chi connectivity index (χ4n) is 2.62. The SMILES string of the molecule is Cc1cncc(C(=O)NCCc2nnc3n2CCCC3)c1. The molecule has 0 aromatic carbocycles. The van der Waals surface area contributed by atoms with Crippen molar-refractivity contribution in [2.24, 2.45) is 0 Å². The van der Waals surface area contributed by atoms with E-state index in [0.717, 1.165) is 30.2 Å². The van der Waals surface area contributed by atoms with Crippen LogP contribution in [0.5, 0.6) is 0 Å². The van der Waals surface area contributed by atoms with Crippen LogP contribution in [0, 0.1) is 6.92 Å². The first kappa shape index (κ1) is 13.7. The van der Waals surface area contributed by atoms with Crippen molar-refractivity contribution in [3.63, 3.8) is 0 Å².